The fourth-order valence-electron chi connectivity index (χ4n) is 2.56. The molecule has 0 bridgehead atoms. The van der Waals surface area contributed by atoms with Gasteiger partial charge in [-0.1, -0.05) is 25.4 Å². The zero-order valence-electron chi connectivity index (χ0n) is 10.6. The van der Waals surface area contributed by atoms with Crippen LogP contribution in [0.2, 0.25) is 5.02 Å². The van der Waals surface area contributed by atoms with Crippen molar-refractivity contribution in [2.75, 3.05) is 13.1 Å². The fraction of sp³-hybridized carbons (Fsp3) is 0.538. The highest BCUT2D eigenvalue weighted by Gasteiger charge is 2.31. The summed E-state index contributed by atoms with van der Waals surface area (Å²) in [7, 11) is -3.37. The molecule has 18 heavy (non-hydrogen) atoms. The molecule has 2 atom stereocenters. The number of halogens is 1. The van der Waals surface area contributed by atoms with E-state index in [2.05, 4.69) is 13.8 Å². The molecule has 1 aromatic carbocycles. The predicted molar refractivity (Wildman–Crippen MR) is 73.2 cm³/mol. The summed E-state index contributed by atoms with van der Waals surface area (Å²) in [5.41, 5.74) is 0. The van der Waals surface area contributed by atoms with Gasteiger partial charge in [-0.15, -0.1) is 0 Å². The van der Waals surface area contributed by atoms with Crippen LogP contribution >= 0.6 is 11.6 Å². The van der Waals surface area contributed by atoms with Crippen LogP contribution in [0.25, 0.3) is 0 Å². The highest BCUT2D eigenvalue weighted by atomic mass is 35.5. The van der Waals surface area contributed by atoms with Gasteiger partial charge < -0.3 is 0 Å². The number of nitrogens with zero attached hydrogens (tertiary/aromatic N) is 1. The number of hydrogen-bond acceptors (Lipinski definition) is 2. The SMILES string of the molecule is C[C@@H]1C[C@@H](C)CN(S(=O)(=O)c2ccc(Cl)cc2)C1. The van der Waals surface area contributed by atoms with Crippen molar-refractivity contribution in [2.24, 2.45) is 11.8 Å². The molecule has 1 fully saturated rings. The van der Waals surface area contributed by atoms with Crippen LogP contribution in [0.1, 0.15) is 20.3 Å². The summed E-state index contributed by atoms with van der Waals surface area (Å²) >= 11 is 5.79. The molecule has 0 spiro atoms. The van der Waals surface area contributed by atoms with Gasteiger partial charge in [0.15, 0.2) is 0 Å². The number of piperidine rings is 1. The van der Waals surface area contributed by atoms with Crippen molar-refractivity contribution in [3.8, 4) is 0 Å². The predicted octanol–water partition coefficient (Wildman–Crippen LogP) is 3.01. The topological polar surface area (TPSA) is 37.4 Å². The summed E-state index contributed by atoms with van der Waals surface area (Å²) < 4.78 is 26.5. The van der Waals surface area contributed by atoms with E-state index >= 15 is 0 Å². The summed E-state index contributed by atoms with van der Waals surface area (Å²) in [5, 5.41) is 0.550. The van der Waals surface area contributed by atoms with Gasteiger partial charge in [0.05, 0.1) is 4.90 Å². The van der Waals surface area contributed by atoms with Gasteiger partial charge in [-0.3, -0.25) is 0 Å². The molecule has 1 aliphatic rings. The summed E-state index contributed by atoms with van der Waals surface area (Å²) in [4.78, 5) is 0.327. The Bertz CT molecular complexity index is 502. The summed E-state index contributed by atoms with van der Waals surface area (Å²) in [5.74, 6) is 0.826. The molecule has 3 nitrogen and oxygen atoms in total. The second kappa shape index (κ2) is 5.19. The molecule has 0 unspecified atom stereocenters. The van der Waals surface area contributed by atoms with Crippen molar-refractivity contribution < 1.29 is 8.42 Å². The Kier molecular flexibility index (Phi) is 3.99. The van der Waals surface area contributed by atoms with E-state index in [1.54, 1.807) is 28.6 Å². The van der Waals surface area contributed by atoms with E-state index in [0.29, 0.717) is 34.8 Å². The summed E-state index contributed by atoms with van der Waals surface area (Å²) in [6.07, 6.45) is 1.09. The Morgan fingerprint density at radius 1 is 1.11 bits per heavy atom. The molecule has 1 heterocycles. The second-order valence-corrected chi connectivity index (χ2v) is 7.60. The third-order valence-corrected chi connectivity index (χ3v) is 5.38. The van der Waals surface area contributed by atoms with E-state index < -0.39 is 10.0 Å². The van der Waals surface area contributed by atoms with Crippen LogP contribution in [-0.2, 0) is 10.0 Å². The summed E-state index contributed by atoms with van der Waals surface area (Å²) in [6, 6.07) is 6.37. The van der Waals surface area contributed by atoms with Crippen LogP contribution in [0.15, 0.2) is 29.2 Å². The maximum Gasteiger partial charge on any atom is 0.243 e. The molecule has 1 saturated heterocycles. The maximum absolute atomic E-state index is 12.5. The van der Waals surface area contributed by atoms with Crippen LogP contribution in [0.4, 0.5) is 0 Å². The summed E-state index contributed by atoms with van der Waals surface area (Å²) in [6.45, 7) is 5.41. The first-order chi connectivity index (χ1) is 8.39. The Balaban J connectivity index is 2.28. The van der Waals surface area contributed by atoms with Gasteiger partial charge in [0, 0.05) is 18.1 Å². The van der Waals surface area contributed by atoms with Gasteiger partial charge in [-0.2, -0.15) is 4.31 Å². The van der Waals surface area contributed by atoms with Gasteiger partial charge in [0.25, 0.3) is 0 Å². The Morgan fingerprint density at radius 2 is 1.61 bits per heavy atom. The third kappa shape index (κ3) is 2.87. The molecule has 0 aliphatic carbocycles. The van der Waals surface area contributed by atoms with E-state index in [0.717, 1.165) is 6.42 Å². The molecule has 100 valence electrons. The number of rotatable bonds is 2. The Morgan fingerprint density at radius 3 is 2.11 bits per heavy atom. The highest BCUT2D eigenvalue weighted by Crippen LogP contribution is 2.27. The number of hydrogen-bond donors (Lipinski definition) is 0. The molecule has 0 saturated carbocycles. The molecule has 1 aromatic rings. The molecule has 0 N–H and O–H groups in total. The normalized spacial score (nSPS) is 26.2. The second-order valence-electron chi connectivity index (χ2n) is 5.22. The average Bonchev–Trinajstić information content (AvgIpc) is 2.28. The Hall–Kier alpha value is -0.580. The largest absolute Gasteiger partial charge is 0.243 e. The first-order valence-electron chi connectivity index (χ1n) is 6.15. The number of benzene rings is 1. The smallest absolute Gasteiger partial charge is 0.207 e. The van der Waals surface area contributed by atoms with E-state index in [1.165, 1.54) is 0 Å². The Labute approximate surface area is 114 Å². The van der Waals surface area contributed by atoms with Crippen LogP contribution in [-0.4, -0.2) is 25.8 Å². The van der Waals surface area contributed by atoms with E-state index in [-0.39, 0.29) is 0 Å². The van der Waals surface area contributed by atoms with Crippen molar-refractivity contribution in [3.05, 3.63) is 29.3 Å². The zero-order valence-corrected chi connectivity index (χ0v) is 12.2. The van der Waals surface area contributed by atoms with Crippen LogP contribution in [0.5, 0.6) is 0 Å². The van der Waals surface area contributed by atoms with Crippen molar-refractivity contribution in [2.45, 2.75) is 25.2 Å². The molecule has 0 radical (unpaired) electrons. The molecule has 2 rings (SSSR count). The number of sulfonamides is 1. The molecular weight excluding hydrogens is 270 g/mol. The van der Waals surface area contributed by atoms with Gasteiger partial charge in [0.1, 0.15) is 0 Å². The highest BCUT2D eigenvalue weighted by molar-refractivity contribution is 7.89. The van der Waals surface area contributed by atoms with Gasteiger partial charge in [-0.05, 0) is 42.5 Å². The minimum Gasteiger partial charge on any atom is -0.207 e. The molecule has 0 aromatic heterocycles. The molecule has 1 aliphatic heterocycles. The van der Waals surface area contributed by atoms with Crippen LogP contribution in [0, 0.1) is 11.8 Å². The third-order valence-electron chi connectivity index (χ3n) is 3.29. The van der Waals surface area contributed by atoms with Gasteiger partial charge in [0.2, 0.25) is 10.0 Å². The lowest BCUT2D eigenvalue weighted by atomic mass is 9.94. The van der Waals surface area contributed by atoms with Crippen molar-refractivity contribution in [1.29, 1.82) is 0 Å². The minimum atomic E-state index is -3.37. The van der Waals surface area contributed by atoms with E-state index in [4.69, 9.17) is 11.6 Å². The monoisotopic (exact) mass is 287 g/mol. The van der Waals surface area contributed by atoms with Crippen molar-refractivity contribution in [1.82, 2.24) is 4.31 Å². The van der Waals surface area contributed by atoms with E-state index in [9.17, 15) is 8.42 Å². The lowest BCUT2D eigenvalue weighted by Crippen LogP contribution is -2.42. The fourth-order valence-corrected chi connectivity index (χ4v) is 4.36. The lowest BCUT2D eigenvalue weighted by Gasteiger charge is -2.34. The van der Waals surface area contributed by atoms with Crippen molar-refractivity contribution in [3.63, 3.8) is 0 Å². The van der Waals surface area contributed by atoms with Crippen LogP contribution < -0.4 is 0 Å². The van der Waals surface area contributed by atoms with Crippen molar-refractivity contribution >= 4 is 21.6 Å². The maximum atomic E-state index is 12.5. The first-order valence-corrected chi connectivity index (χ1v) is 7.97. The standard InChI is InChI=1S/C13H18ClNO2S/c1-10-7-11(2)9-15(8-10)18(16,17)13-5-3-12(14)4-6-13/h3-6,10-11H,7-9H2,1-2H3/t10-,11-/m1/s1. The molecule has 5 heteroatoms. The quantitative estimate of drug-likeness (QED) is 0.838. The zero-order chi connectivity index (χ0) is 13.3. The molecular formula is C13H18ClNO2S. The minimum absolute atomic E-state index is 0.327. The molecule has 0 amide bonds. The van der Waals surface area contributed by atoms with Crippen LogP contribution in [0.3, 0.4) is 0 Å². The first kappa shape index (κ1) is 13.8. The van der Waals surface area contributed by atoms with Gasteiger partial charge >= 0.3 is 0 Å². The average molecular weight is 288 g/mol. The van der Waals surface area contributed by atoms with E-state index in [1.807, 2.05) is 0 Å². The van der Waals surface area contributed by atoms with Gasteiger partial charge in [-0.25, -0.2) is 8.42 Å². The lowest BCUT2D eigenvalue weighted by molar-refractivity contribution is 0.222.